The maximum absolute atomic E-state index is 4.81. The van der Waals surface area contributed by atoms with Crippen LogP contribution in [0, 0.1) is 0 Å². The maximum atomic E-state index is 4.81. The number of rotatable bonds is 0. The minimum atomic E-state index is 0. The van der Waals surface area contributed by atoms with E-state index in [1.165, 1.54) is 0 Å². The molecule has 1 aromatic rings. The molecule has 0 N–H and O–H groups in total. The largest absolute Gasteiger partial charge is 1.00 e. The van der Waals surface area contributed by atoms with Gasteiger partial charge in [0.1, 0.15) is 0 Å². The van der Waals surface area contributed by atoms with Gasteiger partial charge in [0.2, 0.25) is 0 Å². The minimum Gasteiger partial charge on any atom is -0.780 e. The van der Waals surface area contributed by atoms with Crippen molar-refractivity contribution in [2.75, 3.05) is 0 Å². The van der Waals surface area contributed by atoms with E-state index >= 15 is 0 Å². The average Bonchev–Trinajstić information content (AvgIpc) is 1.69. The van der Waals surface area contributed by atoms with Crippen LogP contribution in [0.4, 0.5) is 0 Å². The molecule has 0 spiro atoms. The third-order valence-electron chi connectivity index (χ3n) is 0.743. The van der Waals surface area contributed by atoms with Crippen LogP contribution >= 0.6 is 0 Å². The van der Waals surface area contributed by atoms with Crippen LogP contribution in [0.3, 0.4) is 0 Å². The molecule has 0 saturated carbocycles. The second-order valence-corrected chi connectivity index (χ2v) is 1.78. The van der Waals surface area contributed by atoms with E-state index in [1.54, 1.807) is 0 Å². The Morgan fingerprint density at radius 1 is 1.00 bits per heavy atom. The predicted octanol–water partition coefficient (Wildman–Crippen LogP) is 1.59. The van der Waals surface area contributed by atoms with Gasteiger partial charge in [0, 0.05) is 0 Å². The molecule has 0 atom stereocenters. The van der Waals surface area contributed by atoms with Gasteiger partial charge < -0.3 is 12.6 Å². The molecule has 0 bridgehead atoms. The first-order valence-corrected chi connectivity index (χ1v) is 2.52. The zero-order valence-corrected chi connectivity index (χ0v) is 6.40. The predicted molar refractivity (Wildman–Crippen MR) is 32.1 cm³/mol. The molecule has 8 heavy (non-hydrogen) atoms. The van der Waals surface area contributed by atoms with Crippen molar-refractivity contribution in [2.24, 2.45) is 0 Å². The van der Waals surface area contributed by atoms with Crippen molar-refractivity contribution in [3.05, 3.63) is 30.3 Å². The zero-order valence-electron chi connectivity index (χ0n) is 4.10. The molecule has 0 fully saturated rings. The van der Waals surface area contributed by atoms with E-state index in [-0.39, 0.29) is 22.4 Å². The summed E-state index contributed by atoms with van der Waals surface area (Å²) in [7, 11) is 0. The summed E-state index contributed by atoms with van der Waals surface area (Å²) in [5.74, 6) is 0. The van der Waals surface area contributed by atoms with E-state index in [9.17, 15) is 0 Å². The second-order valence-electron chi connectivity index (χ2n) is 1.31. The van der Waals surface area contributed by atoms with Gasteiger partial charge in [-0.05, 0) is 0 Å². The van der Waals surface area contributed by atoms with Gasteiger partial charge in [0.05, 0.1) is 0 Å². The summed E-state index contributed by atoms with van der Waals surface area (Å²) < 4.78 is 0. The van der Waals surface area contributed by atoms with Crippen molar-refractivity contribution in [3.63, 3.8) is 0 Å². The molecule has 0 aliphatic carbocycles. The quantitative estimate of drug-likeness (QED) is 0.469. The molecule has 0 heterocycles. The fourth-order valence-corrected chi connectivity index (χ4v) is 0.578. The SMILES string of the molecule is [Ag+].[S-]c1ccccc1. The molecule has 2 heteroatoms. The van der Waals surface area contributed by atoms with Gasteiger partial charge in [-0.15, -0.1) is 0 Å². The van der Waals surface area contributed by atoms with Gasteiger partial charge in [0.15, 0.2) is 0 Å². The number of hydrogen-bond donors (Lipinski definition) is 0. The molecule has 0 aromatic heterocycles. The summed E-state index contributed by atoms with van der Waals surface area (Å²) in [4.78, 5) is 0.905. The van der Waals surface area contributed by atoms with E-state index in [2.05, 4.69) is 0 Å². The summed E-state index contributed by atoms with van der Waals surface area (Å²) >= 11 is 4.81. The first-order valence-electron chi connectivity index (χ1n) is 2.11. The van der Waals surface area contributed by atoms with E-state index in [0.29, 0.717) is 0 Å². The Bertz CT molecular complexity index is 138. The smallest absolute Gasteiger partial charge is 0.780 e. The van der Waals surface area contributed by atoms with Crippen molar-refractivity contribution < 1.29 is 22.4 Å². The topological polar surface area (TPSA) is 0 Å². The molecular formula is C6H5AgS. The summed E-state index contributed by atoms with van der Waals surface area (Å²) in [5, 5.41) is 0. The fourth-order valence-electron chi connectivity index (χ4n) is 0.420. The Morgan fingerprint density at radius 2 is 1.50 bits per heavy atom. The van der Waals surface area contributed by atoms with Crippen LogP contribution in [-0.4, -0.2) is 0 Å². The van der Waals surface area contributed by atoms with Crippen molar-refractivity contribution in [1.82, 2.24) is 0 Å². The molecule has 0 saturated heterocycles. The third kappa shape index (κ3) is 2.48. The van der Waals surface area contributed by atoms with Crippen molar-refractivity contribution in [3.8, 4) is 0 Å². The Labute approximate surface area is 70.2 Å². The summed E-state index contributed by atoms with van der Waals surface area (Å²) in [6, 6.07) is 9.62. The zero-order chi connectivity index (χ0) is 5.11. The Hall–Kier alpha value is 0.180. The summed E-state index contributed by atoms with van der Waals surface area (Å²) in [5.41, 5.74) is 0. The van der Waals surface area contributed by atoms with Crippen LogP contribution in [0.5, 0.6) is 0 Å². The molecule has 46 valence electrons. The minimum absolute atomic E-state index is 0. The molecular weight excluding hydrogens is 212 g/mol. The number of benzene rings is 1. The van der Waals surface area contributed by atoms with Crippen LogP contribution in [0.2, 0.25) is 0 Å². The standard InChI is InChI=1S/C6H6S.Ag/c7-6-4-2-1-3-5-6;/h1-5,7H;/q;+1/p-1. The second kappa shape index (κ2) is 4.10. The van der Waals surface area contributed by atoms with E-state index in [1.807, 2.05) is 30.3 Å². The third-order valence-corrected chi connectivity index (χ3v) is 1.02. The van der Waals surface area contributed by atoms with Gasteiger partial charge in [-0.1, -0.05) is 30.3 Å². The monoisotopic (exact) mass is 216 g/mol. The molecule has 0 aliphatic heterocycles. The molecule has 0 amide bonds. The van der Waals surface area contributed by atoms with Crippen molar-refractivity contribution >= 4 is 12.6 Å². The molecule has 0 aliphatic rings. The summed E-state index contributed by atoms with van der Waals surface area (Å²) in [6.45, 7) is 0. The molecule has 1 aromatic carbocycles. The average molecular weight is 217 g/mol. The van der Waals surface area contributed by atoms with Gasteiger partial charge >= 0.3 is 22.4 Å². The Balaban J connectivity index is 0.000000490. The van der Waals surface area contributed by atoms with Crippen LogP contribution in [-0.2, 0) is 35.0 Å². The normalized spacial score (nSPS) is 7.50. The first-order chi connectivity index (χ1) is 3.39. The van der Waals surface area contributed by atoms with Gasteiger partial charge in [-0.25, -0.2) is 0 Å². The van der Waals surface area contributed by atoms with Gasteiger partial charge in [-0.2, -0.15) is 4.90 Å². The fraction of sp³-hybridized carbons (Fsp3) is 0. The van der Waals surface area contributed by atoms with E-state index in [4.69, 9.17) is 12.6 Å². The van der Waals surface area contributed by atoms with Crippen LogP contribution in [0.1, 0.15) is 0 Å². The van der Waals surface area contributed by atoms with Gasteiger partial charge in [0.25, 0.3) is 0 Å². The van der Waals surface area contributed by atoms with Crippen LogP contribution in [0.25, 0.3) is 0 Å². The van der Waals surface area contributed by atoms with E-state index < -0.39 is 0 Å². The molecule has 0 radical (unpaired) electrons. The number of hydrogen-bond acceptors (Lipinski definition) is 1. The van der Waals surface area contributed by atoms with Crippen LogP contribution < -0.4 is 0 Å². The van der Waals surface area contributed by atoms with Gasteiger partial charge in [-0.3, -0.25) is 0 Å². The maximum Gasteiger partial charge on any atom is 1.00 e. The Morgan fingerprint density at radius 3 is 1.75 bits per heavy atom. The molecule has 1 rings (SSSR count). The van der Waals surface area contributed by atoms with Crippen LogP contribution in [0.15, 0.2) is 35.2 Å². The van der Waals surface area contributed by atoms with Crippen molar-refractivity contribution in [2.45, 2.75) is 4.90 Å². The molecule has 0 nitrogen and oxygen atoms in total. The summed E-state index contributed by atoms with van der Waals surface area (Å²) in [6.07, 6.45) is 0. The van der Waals surface area contributed by atoms with E-state index in [0.717, 1.165) is 4.90 Å². The van der Waals surface area contributed by atoms with Crippen molar-refractivity contribution in [1.29, 1.82) is 0 Å². The first kappa shape index (κ1) is 8.18. The Kier molecular flexibility index (Phi) is 4.19. The molecule has 0 unspecified atom stereocenters.